The second-order valence-corrected chi connectivity index (χ2v) is 6.73. The monoisotopic (exact) mass is 422 g/mol. The van der Waals surface area contributed by atoms with Crippen LogP contribution in [0.15, 0.2) is 61.1 Å². The fourth-order valence-electron chi connectivity index (χ4n) is 2.95. The van der Waals surface area contributed by atoms with Crippen LogP contribution in [0, 0.1) is 0 Å². The molecule has 152 valence electrons. The molecule has 0 bridgehead atoms. The highest BCUT2D eigenvalue weighted by Gasteiger charge is 2.12. The molecule has 0 amide bonds. The number of rotatable bonds is 7. The van der Waals surface area contributed by atoms with Gasteiger partial charge in [0.25, 0.3) is 0 Å². The second-order valence-electron chi connectivity index (χ2n) is 6.33. The normalized spacial score (nSPS) is 10.6. The first-order chi connectivity index (χ1) is 14.7. The SMILES string of the molecule is COc1cc2ncnc(Nc3ccc(OCc4ccccn4)c(Cl)c3)c2cc1OC. The van der Waals surface area contributed by atoms with Gasteiger partial charge in [-0.1, -0.05) is 17.7 Å². The predicted molar refractivity (Wildman–Crippen MR) is 116 cm³/mol. The summed E-state index contributed by atoms with van der Waals surface area (Å²) in [7, 11) is 3.17. The number of aromatic nitrogens is 3. The van der Waals surface area contributed by atoms with Crippen LogP contribution in [0.25, 0.3) is 10.9 Å². The number of anilines is 2. The van der Waals surface area contributed by atoms with Gasteiger partial charge < -0.3 is 19.5 Å². The van der Waals surface area contributed by atoms with Crippen LogP contribution < -0.4 is 19.5 Å². The summed E-state index contributed by atoms with van der Waals surface area (Å²) in [5.74, 6) is 2.40. The molecule has 2 heterocycles. The van der Waals surface area contributed by atoms with Crippen LogP contribution >= 0.6 is 11.6 Å². The van der Waals surface area contributed by atoms with E-state index in [1.165, 1.54) is 6.33 Å². The van der Waals surface area contributed by atoms with E-state index in [0.29, 0.717) is 34.7 Å². The number of pyridine rings is 1. The van der Waals surface area contributed by atoms with E-state index < -0.39 is 0 Å². The first-order valence-corrected chi connectivity index (χ1v) is 9.51. The highest BCUT2D eigenvalue weighted by Crippen LogP contribution is 2.35. The Balaban J connectivity index is 1.57. The summed E-state index contributed by atoms with van der Waals surface area (Å²) >= 11 is 6.41. The van der Waals surface area contributed by atoms with Crippen LogP contribution in [-0.4, -0.2) is 29.2 Å². The Morgan fingerprint density at radius 3 is 2.47 bits per heavy atom. The molecule has 0 saturated heterocycles. The quantitative estimate of drug-likeness (QED) is 0.448. The molecule has 30 heavy (non-hydrogen) atoms. The summed E-state index contributed by atoms with van der Waals surface area (Å²) in [6, 6.07) is 14.8. The van der Waals surface area contributed by atoms with Crippen molar-refractivity contribution in [3.8, 4) is 17.2 Å². The van der Waals surface area contributed by atoms with Crippen LogP contribution in [0.3, 0.4) is 0 Å². The van der Waals surface area contributed by atoms with Crippen molar-refractivity contribution in [3.05, 3.63) is 71.8 Å². The van der Waals surface area contributed by atoms with Gasteiger partial charge in [-0.2, -0.15) is 0 Å². The average Bonchev–Trinajstić information content (AvgIpc) is 2.78. The van der Waals surface area contributed by atoms with Gasteiger partial charge >= 0.3 is 0 Å². The summed E-state index contributed by atoms with van der Waals surface area (Å²) in [4.78, 5) is 12.9. The summed E-state index contributed by atoms with van der Waals surface area (Å²) in [6.45, 7) is 0.339. The number of ether oxygens (including phenoxy) is 3. The van der Waals surface area contributed by atoms with Gasteiger partial charge in [0, 0.05) is 23.3 Å². The molecule has 0 aliphatic rings. The van der Waals surface area contributed by atoms with Gasteiger partial charge in [-0.25, -0.2) is 9.97 Å². The van der Waals surface area contributed by atoms with Gasteiger partial charge in [0.05, 0.1) is 30.5 Å². The van der Waals surface area contributed by atoms with Crippen molar-refractivity contribution in [1.29, 1.82) is 0 Å². The summed E-state index contributed by atoms with van der Waals surface area (Å²) < 4.78 is 16.5. The highest BCUT2D eigenvalue weighted by molar-refractivity contribution is 6.32. The Hall–Kier alpha value is -3.58. The number of halogens is 1. The van der Waals surface area contributed by atoms with E-state index in [-0.39, 0.29) is 0 Å². The number of benzene rings is 2. The minimum Gasteiger partial charge on any atom is -0.493 e. The van der Waals surface area contributed by atoms with Gasteiger partial charge in [-0.05, 0) is 36.4 Å². The first-order valence-electron chi connectivity index (χ1n) is 9.14. The van der Waals surface area contributed by atoms with Crippen molar-refractivity contribution < 1.29 is 14.2 Å². The molecule has 0 unspecified atom stereocenters. The number of fused-ring (bicyclic) bond motifs is 1. The number of nitrogens with zero attached hydrogens (tertiary/aromatic N) is 3. The maximum atomic E-state index is 6.41. The molecule has 7 nitrogen and oxygen atoms in total. The number of nitrogens with one attached hydrogen (secondary N) is 1. The van der Waals surface area contributed by atoms with Gasteiger partial charge in [-0.15, -0.1) is 0 Å². The van der Waals surface area contributed by atoms with Crippen LogP contribution in [0.4, 0.5) is 11.5 Å². The molecule has 8 heteroatoms. The Morgan fingerprint density at radius 1 is 0.900 bits per heavy atom. The van der Waals surface area contributed by atoms with Gasteiger partial charge in [0.1, 0.15) is 24.5 Å². The fraction of sp³-hybridized carbons (Fsp3) is 0.136. The molecule has 0 atom stereocenters. The van der Waals surface area contributed by atoms with Crippen molar-refractivity contribution in [2.24, 2.45) is 0 Å². The van der Waals surface area contributed by atoms with E-state index in [0.717, 1.165) is 22.3 Å². The third-order valence-electron chi connectivity index (χ3n) is 4.44. The number of hydrogen-bond acceptors (Lipinski definition) is 7. The van der Waals surface area contributed by atoms with E-state index in [4.69, 9.17) is 25.8 Å². The zero-order valence-corrected chi connectivity index (χ0v) is 17.2. The smallest absolute Gasteiger partial charge is 0.162 e. The maximum absolute atomic E-state index is 6.41. The third-order valence-corrected chi connectivity index (χ3v) is 4.73. The molecule has 0 radical (unpaired) electrons. The molecule has 4 rings (SSSR count). The number of hydrogen-bond donors (Lipinski definition) is 1. The van der Waals surface area contributed by atoms with E-state index in [1.807, 2.05) is 36.4 Å². The molecular formula is C22H19ClN4O3. The average molecular weight is 423 g/mol. The Bertz CT molecular complexity index is 1170. The Morgan fingerprint density at radius 2 is 1.73 bits per heavy atom. The minimum atomic E-state index is 0.339. The van der Waals surface area contributed by atoms with Crippen LogP contribution in [0.2, 0.25) is 5.02 Å². The topological polar surface area (TPSA) is 78.4 Å². The lowest BCUT2D eigenvalue weighted by Gasteiger charge is -2.13. The van der Waals surface area contributed by atoms with Crippen molar-refractivity contribution in [2.45, 2.75) is 6.61 Å². The van der Waals surface area contributed by atoms with E-state index in [9.17, 15) is 0 Å². The second kappa shape index (κ2) is 8.84. The van der Waals surface area contributed by atoms with Crippen molar-refractivity contribution in [1.82, 2.24) is 15.0 Å². The van der Waals surface area contributed by atoms with Gasteiger partial charge in [0.15, 0.2) is 11.5 Å². The molecule has 2 aromatic heterocycles. The maximum Gasteiger partial charge on any atom is 0.162 e. The molecule has 0 aliphatic carbocycles. The molecule has 0 spiro atoms. The zero-order valence-electron chi connectivity index (χ0n) is 16.4. The molecule has 0 fully saturated rings. The van der Waals surface area contributed by atoms with Crippen molar-refractivity contribution in [2.75, 3.05) is 19.5 Å². The Labute approximate surface area is 178 Å². The molecular weight excluding hydrogens is 404 g/mol. The molecule has 2 aromatic carbocycles. The lowest BCUT2D eigenvalue weighted by atomic mass is 10.2. The number of methoxy groups -OCH3 is 2. The standard InChI is InChI=1S/C22H19ClN4O3/c1-28-20-10-16-18(11-21(20)29-2)25-13-26-22(16)27-14-6-7-19(17(23)9-14)30-12-15-5-3-4-8-24-15/h3-11,13H,12H2,1-2H3,(H,25,26,27). The van der Waals surface area contributed by atoms with Crippen LogP contribution in [-0.2, 0) is 6.61 Å². The fourth-order valence-corrected chi connectivity index (χ4v) is 3.19. The molecule has 1 N–H and O–H groups in total. The Kier molecular flexibility index (Phi) is 5.81. The highest BCUT2D eigenvalue weighted by atomic mass is 35.5. The van der Waals surface area contributed by atoms with E-state index >= 15 is 0 Å². The van der Waals surface area contributed by atoms with Crippen molar-refractivity contribution >= 4 is 34.0 Å². The van der Waals surface area contributed by atoms with Crippen LogP contribution in [0.5, 0.6) is 17.2 Å². The van der Waals surface area contributed by atoms with Crippen molar-refractivity contribution in [3.63, 3.8) is 0 Å². The van der Waals surface area contributed by atoms with E-state index in [2.05, 4.69) is 20.3 Å². The zero-order chi connectivity index (χ0) is 20.9. The summed E-state index contributed by atoms with van der Waals surface area (Å²) in [5.41, 5.74) is 2.32. The summed E-state index contributed by atoms with van der Waals surface area (Å²) in [6.07, 6.45) is 3.21. The van der Waals surface area contributed by atoms with Gasteiger partial charge in [-0.3, -0.25) is 4.98 Å². The van der Waals surface area contributed by atoms with E-state index in [1.54, 1.807) is 32.5 Å². The molecule has 0 aliphatic heterocycles. The lowest BCUT2D eigenvalue weighted by molar-refractivity contribution is 0.301. The largest absolute Gasteiger partial charge is 0.493 e. The lowest BCUT2D eigenvalue weighted by Crippen LogP contribution is -2.00. The predicted octanol–water partition coefficient (Wildman–Crippen LogP) is 5.02. The third kappa shape index (κ3) is 4.21. The van der Waals surface area contributed by atoms with Crippen LogP contribution in [0.1, 0.15) is 5.69 Å². The molecule has 0 saturated carbocycles. The minimum absolute atomic E-state index is 0.339. The summed E-state index contributed by atoms with van der Waals surface area (Å²) in [5, 5.41) is 4.55. The first kappa shape index (κ1) is 19.7. The van der Waals surface area contributed by atoms with Gasteiger partial charge in [0.2, 0.25) is 0 Å². The molecule has 4 aromatic rings.